The Kier molecular flexibility index (Phi) is 5.37. The van der Waals surface area contributed by atoms with Gasteiger partial charge in [-0.3, -0.25) is 14.9 Å². The number of carbonyl (C=O) groups is 2. The van der Waals surface area contributed by atoms with Gasteiger partial charge in [0, 0.05) is 12.3 Å². The quantitative estimate of drug-likeness (QED) is 0.819. The van der Waals surface area contributed by atoms with Crippen molar-refractivity contribution in [2.75, 3.05) is 6.61 Å². The van der Waals surface area contributed by atoms with Crippen molar-refractivity contribution >= 4 is 11.8 Å². The van der Waals surface area contributed by atoms with Crippen LogP contribution in [0.5, 0.6) is 5.75 Å². The van der Waals surface area contributed by atoms with E-state index in [1.54, 1.807) is 0 Å². The SMILES string of the molecule is CC(C)CCOc1ccc(CC2CCC(=O)NC2=O)cc1. The van der Waals surface area contributed by atoms with E-state index in [9.17, 15) is 9.59 Å². The second-order valence-corrected chi connectivity index (χ2v) is 6.03. The molecule has 114 valence electrons. The molecule has 1 aromatic carbocycles. The highest BCUT2D eigenvalue weighted by Gasteiger charge is 2.26. The molecule has 2 amide bonds. The van der Waals surface area contributed by atoms with Crippen molar-refractivity contribution in [3.63, 3.8) is 0 Å². The Morgan fingerprint density at radius 1 is 1.24 bits per heavy atom. The minimum absolute atomic E-state index is 0.101. The number of imide groups is 1. The number of piperidine rings is 1. The second-order valence-electron chi connectivity index (χ2n) is 6.03. The van der Waals surface area contributed by atoms with Gasteiger partial charge in [-0.2, -0.15) is 0 Å². The maximum atomic E-state index is 11.7. The molecule has 1 fully saturated rings. The van der Waals surface area contributed by atoms with Gasteiger partial charge < -0.3 is 4.74 Å². The van der Waals surface area contributed by atoms with Crippen LogP contribution in [0.2, 0.25) is 0 Å². The number of amides is 2. The van der Waals surface area contributed by atoms with Crippen LogP contribution < -0.4 is 10.1 Å². The van der Waals surface area contributed by atoms with E-state index >= 15 is 0 Å². The minimum Gasteiger partial charge on any atom is -0.494 e. The number of hydrogen-bond donors (Lipinski definition) is 1. The summed E-state index contributed by atoms with van der Waals surface area (Å²) in [6.07, 6.45) is 2.79. The smallest absolute Gasteiger partial charge is 0.230 e. The Morgan fingerprint density at radius 2 is 1.95 bits per heavy atom. The molecule has 0 bridgehead atoms. The molecule has 1 aromatic rings. The van der Waals surface area contributed by atoms with Crippen LogP contribution in [-0.2, 0) is 16.0 Å². The molecule has 0 spiro atoms. The fraction of sp³-hybridized carbons (Fsp3) is 0.529. The lowest BCUT2D eigenvalue weighted by Crippen LogP contribution is -2.41. The normalized spacial score (nSPS) is 18.7. The molecule has 1 atom stereocenters. The fourth-order valence-corrected chi connectivity index (χ4v) is 2.35. The number of hydrogen-bond acceptors (Lipinski definition) is 3. The molecule has 1 N–H and O–H groups in total. The third-order valence-corrected chi connectivity index (χ3v) is 3.72. The summed E-state index contributed by atoms with van der Waals surface area (Å²) in [7, 11) is 0. The lowest BCUT2D eigenvalue weighted by molar-refractivity contribution is -0.136. The fourth-order valence-electron chi connectivity index (χ4n) is 2.35. The Bertz CT molecular complexity index is 493. The van der Waals surface area contributed by atoms with Crippen molar-refractivity contribution in [3.05, 3.63) is 29.8 Å². The van der Waals surface area contributed by atoms with E-state index in [2.05, 4.69) is 19.2 Å². The highest BCUT2D eigenvalue weighted by atomic mass is 16.5. The maximum absolute atomic E-state index is 11.7. The van der Waals surface area contributed by atoms with Crippen molar-refractivity contribution in [1.82, 2.24) is 5.32 Å². The van der Waals surface area contributed by atoms with Gasteiger partial charge >= 0.3 is 0 Å². The summed E-state index contributed by atoms with van der Waals surface area (Å²) >= 11 is 0. The summed E-state index contributed by atoms with van der Waals surface area (Å²) < 4.78 is 5.67. The zero-order valence-electron chi connectivity index (χ0n) is 12.7. The molecular weight excluding hydrogens is 266 g/mol. The van der Waals surface area contributed by atoms with Gasteiger partial charge in [-0.25, -0.2) is 0 Å². The third kappa shape index (κ3) is 4.88. The van der Waals surface area contributed by atoms with Crippen molar-refractivity contribution in [1.29, 1.82) is 0 Å². The van der Waals surface area contributed by atoms with Gasteiger partial charge in [-0.1, -0.05) is 26.0 Å². The molecule has 1 heterocycles. The number of ether oxygens (including phenoxy) is 1. The number of rotatable bonds is 6. The van der Waals surface area contributed by atoms with Gasteiger partial charge in [-0.05, 0) is 42.9 Å². The van der Waals surface area contributed by atoms with Crippen LogP contribution in [0.25, 0.3) is 0 Å². The number of benzene rings is 1. The van der Waals surface area contributed by atoms with Crippen LogP contribution in [0.1, 0.15) is 38.7 Å². The zero-order chi connectivity index (χ0) is 15.2. The topological polar surface area (TPSA) is 55.4 Å². The number of carbonyl (C=O) groups excluding carboxylic acids is 2. The second kappa shape index (κ2) is 7.25. The summed E-state index contributed by atoms with van der Waals surface area (Å²) in [5, 5.41) is 2.40. The van der Waals surface area contributed by atoms with E-state index in [4.69, 9.17) is 4.74 Å². The molecular formula is C17H23NO3. The van der Waals surface area contributed by atoms with Gasteiger partial charge in [-0.15, -0.1) is 0 Å². The predicted octanol–water partition coefficient (Wildman–Crippen LogP) is 2.71. The van der Waals surface area contributed by atoms with Crippen LogP contribution in [0.4, 0.5) is 0 Å². The summed E-state index contributed by atoms with van der Waals surface area (Å²) in [5.74, 6) is 1.09. The standard InChI is InChI=1S/C17H23NO3/c1-12(2)9-10-21-15-6-3-13(4-7-15)11-14-5-8-16(19)18-17(14)20/h3-4,6-7,12,14H,5,8-11H2,1-2H3,(H,18,19,20). The van der Waals surface area contributed by atoms with Gasteiger partial charge in [0.05, 0.1) is 6.61 Å². The maximum Gasteiger partial charge on any atom is 0.230 e. The van der Waals surface area contributed by atoms with E-state index in [1.807, 2.05) is 24.3 Å². The first-order valence-electron chi connectivity index (χ1n) is 7.60. The molecule has 21 heavy (non-hydrogen) atoms. The molecule has 0 saturated carbocycles. The monoisotopic (exact) mass is 289 g/mol. The first-order chi connectivity index (χ1) is 10.0. The van der Waals surface area contributed by atoms with E-state index in [-0.39, 0.29) is 17.7 Å². The van der Waals surface area contributed by atoms with Crippen LogP contribution >= 0.6 is 0 Å². The van der Waals surface area contributed by atoms with Crippen molar-refractivity contribution in [2.45, 2.75) is 39.5 Å². The largest absolute Gasteiger partial charge is 0.494 e. The Labute approximate surface area is 125 Å². The average molecular weight is 289 g/mol. The lowest BCUT2D eigenvalue weighted by Gasteiger charge is -2.20. The summed E-state index contributed by atoms with van der Waals surface area (Å²) in [5.41, 5.74) is 1.10. The highest BCUT2D eigenvalue weighted by Crippen LogP contribution is 2.20. The van der Waals surface area contributed by atoms with Crippen LogP contribution in [0.3, 0.4) is 0 Å². The Morgan fingerprint density at radius 3 is 2.57 bits per heavy atom. The molecule has 1 aliphatic heterocycles. The van der Waals surface area contributed by atoms with E-state index in [0.717, 1.165) is 24.3 Å². The lowest BCUT2D eigenvalue weighted by atomic mass is 9.91. The highest BCUT2D eigenvalue weighted by molar-refractivity contribution is 5.98. The molecule has 0 aromatic heterocycles. The van der Waals surface area contributed by atoms with Crippen LogP contribution in [-0.4, -0.2) is 18.4 Å². The molecule has 4 heteroatoms. The average Bonchev–Trinajstić information content (AvgIpc) is 2.43. The Hall–Kier alpha value is -1.84. The first-order valence-corrected chi connectivity index (χ1v) is 7.60. The van der Waals surface area contributed by atoms with Crippen LogP contribution in [0.15, 0.2) is 24.3 Å². The molecule has 1 unspecified atom stereocenters. The molecule has 1 saturated heterocycles. The summed E-state index contributed by atoms with van der Waals surface area (Å²) in [6, 6.07) is 7.88. The minimum atomic E-state index is -0.162. The first kappa shape index (κ1) is 15.5. The zero-order valence-corrected chi connectivity index (χ0v) is 12.7. The van der Waals surface area contributed by atoms with E-state index in [0.29, 0.717) is 25.2 Å². The van der Waals surface area contributed by atoms with Gasteiger partial charge in [0.2, 0.25) is 11.8 Å². The number of nitrogens with one attached hydrogen (secondary N) is 1. The van der Waals surface area contributed by atoms with Crippen molar-refractivity contribution in [3.8, 4) is 5.75 Å². The third-order valence-electron chi connectivity index (χ3n) is 3.72. The summed E-state index contributed by atoms with van der Waals surface area (Å²) in [6.45, 7) is 5.07. The van der Waals surface area contributed by atoms with Crippen molar-refractivity contribution < 1.29 is 14.3 Å². The van der Waals surface area contributed by atoms with E-state index in [1.165, 1.54) is 0 Å². The predicted molar refractivity (Wildman–Crippen MR) is 81.0 cm³/mol. The summed E-state index contributed by atoms with van der Waals surface area (Å²) in [4.78, 5) is 22.8. The molecule has 2 rings (SSSR count). The van der Waals surface area contributed by atoms with Crippen LogP contribution in [0, 0.1) is 11.8 Å². The van der Waals surface area contributed by atoms with Crippen molar-refractivity contribution in [2.24, 2.45) is 11.8 Å². The molecule has 4 nitrogen and oxygen atoms in total. The van der Waals surface area contributed by atoms with E-state index < -0.39 is 0 Å². The molecule has 0 radical (unpaired) electrons. The van der Waals surface area contributed by atoms with Gasteiger partial charge in [0.1, 0.15) is 5.75 Å². The Balaban J connectivity index is 1.84. The van der Waals surface area contributed by atoms with Gasteiger partial charge in [0.15, 0.2) is 0 Å². The molecule has 0 aliphatic carbocycles. The van der Waals surface area contributed by atoms with Gasteiger partial charge in [0.25, 0.3) is 0 Å². The molecule has 1 aliphatic rings.